The molecular formula is C17H14F3NO4. The molecule has 2 aromatic rings. The largest absolute Gasteiger partial charge is 0.477 e. The van der Waals surface area contributed by atoms with Gasteiger partial charge in [-0.2, -0.15) is 0 Å². The van der Waals surface area contributed by atoms with Gasteiger partial charge in [0.05, 0.1) is 11.2 Å². The molecule has 0 radical (unpaired) electrons. The zero-order valence-electron chi connectivity index (χ0n) is 12.9. The number of rotatable bonds is 3. The molecule has 1 fully saturated rings. The van der Waals surface area contributed by atoms with Crippen LogP contribution in [0.15, 0.2) is 24.3 Å². The fourth-order valence-corrected chi connectivity index (χ4v) is 2.80. The maximum atomic E-state index is 14.5. The summed E-state index contributed by atoms with van der Waals surface area (Å²) in [6, 6.07) is 3.51. The fourth-order valence-electron chi connectivity index (χ4n) is 2.80. The SMILES string of the molecule is O=C(O)c1ccc(F)c(-c2c(F)cc(C3(O)CCOCC3)cc2F)n1. The Morgan fingerprint density at radius 2 is 1.68 bits per heavy atom. The summed E-state index contributed by atoms with van der Waals surface area (Å²) in [7, 11) is 0. The van der Waals surface area contributed by atoms with Crippen molar-refractivity contribution in [3.63, 3.8) is 0 Å². The molecule has 2 N–H and O–H groups in total. The average molecular weight is 353 g/mol. The fraction of sp³-hybridized carbons (Fsp3) is 0.294. The maximum Gasteiger partial charge on any atom is 0.354 e. The van der Waals surface area contributed by atoms with Crippen LogP contribution in [0.1, 0.15) is 28.9 Å². The Hall–Kier alpha value is -2.45. The first-order chi connectivity index (χ1) is 11.8. The van der Waals surface area contributed by atoms with Crippen molar-refractivity contribution in [3.8, 4) is 11.3 Å². The van der Waals surface area contributed by atoms with Gasteiger partial charge in [-0.05, 0) is 29.8 Å². The minimum Gasteiger partial charge on any atom is -0.477 e. The first-order valence-corrected chi connectivity index (χ1v) is 7.52. The minimum absolute atomic E-state index is 0.0179. The second-order valence-electron chi connectivity index (χ2n) is 5.79. The number of aromatic nitrogens is 1. The lowest BCUT2D eigenvalue weighted by Gasteiger charge is -2.32. The molecule has 1 aromatic heterocycles. The van der Waals surface area contributed by atoms with Crippen LogP contribution in [0.3, 0.4) is 0 Å². The summed E-state index contributed by atoms with van der Waals surface area (Å²) < 4.78 is 48.1. The first kappa shape index (κ1) is 17.4. The number of aromatic carboxylic acids is 1. The van der Waals surface area contributed by atoms with Crippen molar-refractivity contribution in [2.75, 3.05) is 13.2 Å². The van der Waals surface area contributed by atoms with Crippen LogP contribution in [0, 0.1) is 17.5 Å². The summed E-state index contributed by atoms with van der Waals surface area (Å²) in [5.41, 5.74) is -3.47. The highest BCUT2D eigenvalue weighted by atomic mass is 19.1. The van der Waals surface area contributed by atoms with Crippen LogP contribution in [-0.2, 0) is 10.3 Å². The van der Waals surface area contributed by atoms with Gasteiger partial charge in [0, 0.05) is 26.1 Å². The molecule has 1 aromatic carbocycles. The molecule has 1 aliphatic rings. The summed E-state index contributed by atoms with van der Waals surface area (Å²) in [5.74, 6) is -4.77. The molecule has 0 unspecified atom stereocenters. The van der Waals surface area contributed by atoms with E-state index in [0.29, 0.717) is 0 Å². The Morgan fingerprint density at radius 3 is 2.24 bits per heavy atom. The van der Waals surface area contributed by atoms with Crippen LogP contribution in [-0.4, -0.2) is 34.4 Å². The molecule has 2 heterocycles. The van der Waals surface area contributed by atoms with E-state index < -0.39 is 46.0 Å². The smallest absolute Gasteiger partial charge is 0.354 e. The lowest BCUT2D eigenvalue weighted by atomic mass is 9.85. The van der Waals surface area contributed by atoms with Gasteiger partial charge in [-0.1, -0.05) is 0 Å². The lowest BCUT2D eigenvalue weighted by Crippen LogP contribution is -2.33. The molecule has 1 aliphatic heterocycles. The molecule has 3 rings (SSSR count). The Bertz CT molecular complexity index is 812. The van der Waals surface area contributed by atoms with E-state index in [4.69, 9.17) is 9.84 Å². The standard InChI is InChI=1S/C17H14F3NO4/c18-10-1-2-13(16(22)23)21-15(10)14-11(19)7-9(8-12(14)20)17(24)3-5-25-6-4-17/h1-2,7-8,24H,3-6H2,(H,22,23). The number of halogens is 3. The molecule has 0 aliphatic carbocycles. The molecule has 0 bridgehead atoms. The Morgan fingerprint density at radius 1 is 1.08 bits per heavy atom. The van der Waals surface area contributed by atoms with Gasteiger partial charge < -0.3 is 14.9 Å². The van der Waals surface area contributed by atoms with Crippen LogP contribution < -0.4 is 0 Å². The third-order valence-electron chi connectivity index (χ3n) is 4.20. The number of carbonyl (C=O) groups is 1. The highest BCUT2D eigenvalue weighted by Crippen LogP contribution is 2.36. The van der Waals surface area contributed by atoms with Gasteiger partial charge in [0.2, 0.25) is 0 Å². The van der Waals surface area contributed by atoms with E-state index in [2.05, 4.69) is 4.98 Å². The number of hydrogen-bond acceptors (Lipinski definition) is 4. The van der Waals surface area contributed by atoms with Crippen LogP contribution in [0.5, 0.6) is 0 Å². The molecular weight excluding hydrogens is 339 g/mol. The van der Waals surface area contributed by atoms with E-state index in [1.54, 1.807) is 0 Å². The normalized spacial score (nSPS) is 16.6. The number of aliphatic hydroxyl groups is 1. The number of ether oxygens (including phenoxy) is 1. The molecule has 0 atom stereocenters. The van der Waals surface area contributed by atoms with Gasteiger partial charge in [-0.25, -0.2) is 22.9 Å². The summed E-state index contributed by atoms with van der Waals surface area (Å²) in [6.45, 7) is 0.497. The number of benzene rings is 1. The topological polar surface area (TPSA) is 79.7 Å². The molecule has 25 heavy (non-hydrogen) atoms. The van der Waals surface area contributed by atoms with E-state index >= 15 is 0 Å². The zero-order valence-corrected chi connectivity index (χ0v) is 12.9. The third kappa shape index (κ3) is 3.22. The summed E-state index contributed by atoms with van der Waals surface area (Å²) in [6.07, 6.45) is 0.346. The van der Waals surface area contributed by atoms with Gasteiger partial charge in [-0.3, -0.25) is 0 Å². The molecule has 132 valence electrons. The maximum absolute atomic E-state index is 14.5. The second-order valence-corrected chi connectivity index (χ2v) is 5.79. The Balaban J connectivity index is 2.10. The monoisotopic (exact) mass is 353 g/mol. The highest BCUT2D eigenvalue weighted by Gasteiger charge is 2.34. The van der Waals surface area contributed by atoms with E-state index in [9.17, 15) is 23.1 Å². The van der Waals surface area contributed by atoms with Gasteiger partial charge >= 0.3 is 5.97 Å². The zero-order chi connectivity index (χ0) is 18.2. The highest BCUT2D eigenvalue weighted by molar-refractivity contribution is 5.86. The number of nitrogens with zero attached hydrogens (tertiary/aromatic N) is 1. The number of carboxylic acid groups (broad SMARTS) is 1. The third-order valence-corrected chi connectivity index (χ3v) is 4.20. The quantitative estimate of drug-likeness (QED) is 0.887. The van der Waals surface area contributed by atoms with Crippen LogP contribution in [0.4, 0.5) is 13.2 Å². The average Bonchev–Trinajstić information content (AvgIpc) is 2.56. The van der Waals surface area contributed by atoms with Gasteiger partial charge in [0.1, 0.15) is 28.8 Å². The number of carboxylic acids is 1. The first-order valence-electron chi connectivity index (χ1n) is 7.52. The number of pyridine rings is 1. The van der Waals surface area contributed by atoms with Crippen LogP contribution in [0.2, 0.25) is 0 Å². The number of hydrogen-bond donors (Lipinski definition) is 2. The van der Waals surface area contributed by atoms with Crippen molar-refractivity contribution in [2.45, 2.75) is 18.4 Å². The van der Waals surface area contributed by atoms with Crippen molar-refractivity contribution >= 4 is 5.97 Å². The van der Waals surface area contributed by atoms with Crippen LogP contribution in [0.25, 0.3) is 11.3 Å². The van der Waals surface area contributed by atoms with Gasteiger partial charge in [0.15, 0.2) is 0 Å². The minimum atomic E-state index is -1.45. The van der Waals surface area contributed by atoms with E-state index in [1.165, 1.54) is 0 Å². The van der Waals surface area contributed by atoms with Crippen molar-refractivity contribution in [1.82, 2.24) is 4.98 Å². The van der Waals surface area contributed by atoms with Gasteiger partial charge in [0.25, 0.3) is 0 Å². The summed E-state index contributed by atoms with van der Waals surface area (Å²) in [4.78, 5) is 14.4. The lowest BCUT2D eigenvalue weighted by molar-refractivity contribution is -0.0682. The molecule has 0 spiro atoms. The predicted molar refractivity (Wildman–Crippen MR) is 80.5 cm³/mol. The second kappa shape index (κ2) is 6.45. The summed E-state index contributed by atoms with van der Waals surface area (Å²) >= 11 is 0. The molecule has 0 saturated carbocycles. The van der Waals surface area contributed by atoms with Crippen molar-refractivity contribution in [3.05, 3.63) is 53.0 Å². The van der Waals surface area contributed by atoms with Gasteiger partial charge in [-0.15, -0.1) is 0 Å². The Labute approximate surface area is 140 Å². The van der Waals surface area contributed by atoms with Crippen molar-refractivity contribution in [2.24, 2.45) is 0 Å². The predicted octanol–water partition coefficient (Wildman–Crippen LogP) is 2.86. The van der Waals surface area contributed by atoms with E-state index in [1.807, 2.05) is 0 Å². The summed E-state index contributed by atoms with van der Waals surface area (Å²) in [5, 5.41) is 19.5. The van der Waals surface area contributed by atoms with E-state index in [-0.39, 0.29) is 31.6 Å². The molecule has 5 nitrogen and oxygen atoms in total. The van der Waals surface area contributed by atoms with Crippen molar-refractivity contribution < 1.29 is 32.9 Å². The molecule has 0 amide bonds. The van der Waals surface area contributed by atoms with Crippen LogP contribution >= 0.6 is 0 Å². The van der Waals surface area contributed by atoms with E-state index in [0.717, 1.165) is 24.3 Å². The molecule has 1 saturated heterocycles. The molecule has 8 heteroatoms. The Kier molecular flexibility index (Phi) is 4.49. The van der Waals surface area contributed by atoms with Crippen molar-refractivity contribution in [1.29, 1.82) is 0 Å².